The molecular formula is C25H35N7O6. The van der Waals surface area contributed by atoms with Crippen molar-refractivity contribution < 1.29 is 29.1 Å². The topological polar surface area (TPSA) is 222 Å². The Morgan fingerprint density at radius 2 is 1.53 bits per heavy atom. The number of H-pyrrole nitrogens is 1. The average Bonchev–Trinajstić information content (AvgIpc) is 3.39. The van der Waals surface area contributed by atoms with E-state index in [0.29, 0.717) is 17.7 Å². The van der Waals surface area contributed by atoms with E-state index >= 15 is 0 Å². The number of aromatic nitrogens is 2. The predicted molar refractivity (Wildman–Crippen MR) is 137 cm³/mol. The highest BCUT2D eigenvalue weighted by atomic mass is 16.4. The molecular weight excluding hydrogens is 494 g/mol. The quantitative estimate of drug-likeness (QED) is 0.151. The summed E-state index contributed by atoms with van der Waals surface area (Å²) in [6.45, 7) is 3.71. The van der Waals surface area contributed by atoms with Gasteiger partial charge in [0.1, 0.15) is 18.1 Å². The lowest BCUT2D eigenvalue weighted by atomic mass is 9.98. The highest BCUT2D eigenvalue weighted by Gasteiger charge is 2.32. The summed E-state index contributed by atoms with van der Waals surface area (Å²) in [6, 6.07) is 3.96. The number of carbonyl (C=O) groups excluding carboxylic acids is 4. The number of nitrogens with one attached hydrogen (secondary N) is 4. The van der Waals surface area contributed by atoms with Gasteiger partial charge in [0.25, 0.3) is 0 Å². The first-order valence-electron chi connectivity index (χ1n) is 12.2. The minimum absolute atomic E-state index is 0.0123. The molecule has 1 heterocycles. The number of hydrogen-bond donors (Lipinski definition) is 7. The molecule has 1 aromatic carbocycles. The number of hydrogen-bond acceptors (Lipinski definition) is 7. The van der Waals surface area contributed by atoms with Crippen molar-refractivity contribution in [3.63, 3.8) is 0 Å². The maximum absolute atomic E-state index is 13.4. The summed E-state index contributed by atoms with van der Waals surface area (Å²) >= 11 is 0. The lowest BCUT2D eigenvalue weighted by Gasteiger charge is -2.26. The Balaban J connectivity index is 2.29. The SMILES string of the molecule is CCC(C)C(N)C(=O)NC(Cc1cnc[nH]1)C(=O)NC(Cc1ccccc1)C(=O)NC(CC(N)=O)C(=O)O. The van der Waals surface area contributed by atoms with E-state index in [9.17, 15) is 29.1 Å². The molecule has 0 aliphatic carbocycles. The van der Waals surface area contributed by atoms with Gasteiger partial charge in [0.15, 0.2) is 0 Å². The molecule has 0 radical (unpaired) electrons. The molecule has 13 heteroatoms. The second-order valence-electron chi connectivity index (χ2n) is 9.07. The molecule has 9 N–H and O–H groups in total. The van der Waals surface area contributed by atoms with E-state index in [1.54, 1.807) is 30.3 Å². The zero-order valence-electron chi connectivity index (χ0n) is 21.3. The molecule has 1 aromatic heterocycles. The van der Waals surface area contributed by atoms with Gasteiger partial charge in [-0.15, -0.1) is 0 Å². The molecule has 0 spiro atoms. The predicted octanol–water partition coefficient (Wildman–Crippen LogP) is -1.02. The number of carboxylic acids is 1. The van der Waals surface area contributed by atoms with E-state index in [1.807, 2.05) is 13.8 Å². The number of rotatable bonds is 15. The van der Waals surface area contributed by atoms with Gasteiger partial charge in [-0.3, -0.25) is 19.2 Å². The van der Waals surface area contributed by atoms with Gasteiger partial charge in [-0.2, -0.15) is 0 Å². The molecule has 0 fully saturated rings. The number of aromatic amines is 1. The first-order chi connectivity index (χ1) is 18.0. The third-order valence-electron chi connectivity index (χ3n) is 6.11. The first-order valence-corrected chi connectivity index (χ1v) is 12.2. The highest BCUT2D eigenvalue weighted by molar-refractivity contribution is 5.95. The summed E-state index contributed by atoms with van der Waals surface area (Å²) in [7, 11) is 0. The van der Waals surface area contributed by atoms with Crippen LogP contribution in [0.1, 0.15) is 37.9 Å². The molecule has 13 nitrogen and oxygen atoms in total. The zero-order valence-corrected chi connectivity index (χ0v) is 21.3. The molecule has 0 saturated carbocycles. The molecule has 2 aromatic rings. The average molecular weight is 530 g/mol. The summed E-state index contributed by atoms with van der Waals surface area (Å²) < 4.78 is 0. The second-order valence-corrected chi connectivity index (χ2v) is 9.07. The van der Waals surface area contributed by atoms with Gasteiger partial charge in [0.05, 0.1) is 18.8 Å². The number of carboxylic acid groups (broad SMARTS) is 1. The number of primary amides is 1. The number of nitrogens with zero attached hydrogens (tertiary/aromatic N) is 1. The molecule has 2 rings (SSSR count). The van der Waals surface area contributed by atoms with Crippen molar-refractivity contribution >= 4 is 29.6 Å². The second kappa shape index (κ2) is 14.5. The highest BCUT2D eigenvalue weighted by Crippen LogP contribution is 2.09. The molecule has 38 heavy (non-hydrogen) atoms. The lowest BCUT2D eigenvalue weighted by Crippen LogP contribution is -2.58. The van der Waals surface area contributed by atoms with Crippen molar-refractivity contribution in [3.8, 4) is 0 Å². The van der Waals surface area contributed by atoms with Crippen LogP contribution in [-0.4, -0.2) is 68.8 Å². The Hall–Kier alpha value is -4.26. The summed E-state index contributed by atoms with van der Waals surface area (Å²) in [6.07, 6.45) is 2.99. The van der Waals surface area contributed by atoms with Crippen LogP contribution in [0, 0.1) is 5.92 Å². The van der Waals surface area contributed by atoms with E-state index < -0.39 is 60.2 Å². The van der Waals surface area contributed by atoms with Crippen molar-refractivity contribution in [2.24, 2.45) is 17.4 Å². The monoisotopic (exact) mass is 529 g/mol. The molecule has 0 aliphatic heterocycles. The fourth-order valence-corrected chi connectivity index (χ4v) is 3.61. The Morgan fingerprint density at radius 1 is 0.947 bits per heavy atom. The van der Waals surface area contributed by atoms with Crippen LogP contribution in [0.15, 0.2) is 42.9 Å². The summed E-state index contributed by atoms with van der Waals surface area (Å²) in [5.41, 5.74) is 12.4. The maximum atomic E-state index is 13.4. The van der Waals surface area contributed by atoms with Crippen molar-refractivity contribution in [3.05, 3.63) is 54.1 Å². The van der Waals surface area contributed by atoms with Crippen molar-refractivity contribution in [2.75, 3.05) is 0 Å². The Kier molecular flexibility index (Phi) is 11.4. The van der Waals surface area contributed by atoms with Gasteiger partial charge < -0.3 is 37.5 Å². The third-order valence-corrected chi connectivity index (χ3v) is 6.11. The van der Waals surface area contributed by atoms with Crippen LogP contribution in [0.25, 0.3) is 0 Å². The molecule has 0 bridgehead atoms. The Morgan fingerprint density at radius 3 is 2.05 bits per heavy atom. The first kappa shape index (κ1) is 30.0. The Labute approximate surface area is 220 Å². The smallest absolute Gasteiger partial charge is 0.326 e. The normalized spacial score (nSPS) is 14.8. The van der Waals surface area contributed by atoms with Crippen LogP contribution >= 0.6 is 0 Å². The number of imidazole rings is 1. The summed E-state index contributed by atoms with van der Waals surface area (Å²) in [4.78, 5) is 68.9. The van der Waals surface area contributed by atoms with E-state index in [0.717, 1.165) is 0 Å². The van der Waals surface area contributed by atoms with Crippen molar-refractivity contribution in [1.82, 2.24) is 25.9 Å². The number of amides is 4. The van der Waals surface area contributed by atoms with Gasteiger partial charge in [0.2, 0.25) is 23.6 Å². The van der Waals surface area contributed by atoms with Crippen molar-refractivity contribution in [2.45, 2.75) is 63.7 Å². The summed E-state index contributed by atoms with van der Waals surface area (Å²) in [5.74, 6) is -4.57. The fourth-order valence-electron chi connectivity index (χ4n) is 3.61. The molecule has 5 unspecified atom stereocenters. The molecule has 5 atom stereocenters. The van der Waals surface area contributed by atoms with Crippen LogP contribution in [0.4, 0.5) is 0 Å². The van der Waals surface area contributed by atoms with Gasteiger partial charge in [-0.25, -0.2) is 9.78 Å². The van der Waals surface area contributed by atoms with Gasteiger partial charge in [0, 0.05) is 24.7 Å². The minimum Gasteiger partial charge on any atom is -0.480 e. The molecule has 0 aliphatic rings. The third kappa shape index (κ3) is 9.32. The van der Waals surface area contributed by atoms with E-state index in [1.165, 1.54) is 12.5 Å². The molecule has 0 saturated heterocycles. The van der Waals surface area contributed by atoms with Crippen LogP contribution in [0.3, 0.4) is 0 Å². The van der Waals surface area contributed by atoms with E-state index in [-0.39, 0.29) is 18.8 Å². The number of carbonyl (C=O) groups is 5. The van der Waals surface area contributed by atoms with Gasteiger partial charge in [-0.1, -0.05) is 50.6 Å². The zero-order chi connectivity index (χ0) is 28.2. The van der Waals surface area contributed by atoms with Crippen molar-refractivity contribution in [1.29, 1.82) is 0 Å². The number of nitrogens with two attached hydrogens (primary N) is 2. The van der Waals surface area contributed by atoms with E-state index in [2.05, 4.69) is 25.9 Å². The number of aliphatic carboxylic acids is 1. The summed E-state index contributed by atoms with van der Waals surface area (Å²) in [5, 5.41) is 16.9. The molecule has 206 valence electrons. The minimum atomic E-state index is -1.58. The van der Waals surface area contributed by atoms with Crippen LogP contribution in [0.2, 0.25) is 0 Å². The van der Waals surface area contributed by atoms with Crippen LogP contribution in [0.5, 0.6) is 0 Å². The number of benzene rings is 1. The lowest BCUT2D eigenvalue weighted by molar-refractivity contribution is -0.143. The maximum Gasteiger partial charge on any atom is 0.326 e. The standard InChI is InChI=1S/C25H35N7O6/c1-3-14(2)21(27)24(36)31-18(10-16-12-28-13-29-16)23(35)30-17(9-15-7-5-4-6-8-15)22(34)32-19(25(37)38)11-20(26)33/h4-8,12-14,17-19,21H,3,9-11,27H2,1-2H3,(H2,26,33)(H,28,29)(H,30,35)(H,31,36)(H,32,34)(H,37,38). The van der Waals surface area contributed by atoms with Gasteiger partial charge >= 0.3 is 5.97 Å². The fraction of sp³-hybridized carbons (Fsp3) is 0.440. The van der Waals surface area contributed by atoms with E-state index in [4.69, 9.17) is 11.5 Å². The largest absolute Gasteiger partial charge is 0.480 e. The van der Waals surface area contributed by atoms with Gasteiger partial charge in [-0.05, 0) is 11.5 Å². The van der Waals surface area contributed by atoms with Crippen LogP contribution < -0.4 is 27.4 Å². The Bertz CT molecular complexity index is 1090. The molecule has 4 amide bonds. The van der Waals surface area contributed by atoms with Crippen LogP contribution in [-0.2, 0) is 36.8 Å².